The molecule has 0 aromatic heterocycles. The van der Waals surface area contributed by atoms with Crippen molar-refractivity contribution in [2.45, 2.75) is 49.3 Å². The molecular formula is C8H12F2O4. The van der Waals surface area contributed by atoms with Gasteiger partial charge in [0.15, 0.2) is 6.10 Å². The van der Waals surface area contributed by atoms with Crippen LogP contribution < -0.4 is 0 Å². The van der Waals surface area contributed by atoms with E-state index in [2.05, 4.69) is 0 Å². The first-order chi connectivity index (χ1) is 6.38. The van der Waals surface area contributed by atoms with Gasteiger partial charge >= 0.3 is 5.92 Å². The standard InChI is InChI=1S/C8H12F2O4/c9-8(10)6(12)5(11)4-2-1-3-7(8,13)14-4/h4-6,11-13H,1-3H2/t4-,5+,6-,7+/m1/s1. The van der Waals surface area contributed by atoms with E-state index in [4.69, 9.17) is 9.84 Å². The van der Waals surface area contributed by atoms with Crippen LogP contribution in [0.15, 0.2) is 0 Å². The van der Waals surface area contributed by atoms with Gasteiger partial charge in [-0.3, -0.25) is 0 Å². The van der Waals surface area contributed by atoms with Crippen LogP contribution in [-0.2, 0) is 4.74 Å². The summed E-state index contributed by atoms with van der Waals surface area (Å²) in [5, 5.41) is 27.9. The van der Waals surface area contributed by atoms with E-state index in [1.165, 1.54) is 0 Å². The largest absolute Gasteiger partial charge is 0.387 e. The van der Waals surface area contributed by atoms with Gasteiger partial charge in [-0.05, 0) is 12.8 Å². The lowest BCUT2D eigenvalue weighted by Crippen LogP contribution is -2.70. The van der Waals surface area contributed by atoms with E-state index in [0.29, 0.717) is 12.8 Å². The van der Waals surface area contributed by atoms with Gasteiger partial charge in [0.1, 0.15) is 6.10 Å². The maximum atomic E-state index is 13.3. The molecule has 2 aliphatic heterocycles. The van der Waals surface area contributed by atoms with Crippen molar-refractivity contribution >= 4 is 0 Å². The molecule has 2 aliphatic rings. The van der Waals surface area contributed by atoms with Crippen LogP contribution >= 0.6 is 0 Å². The van der Waals surface area contributed by atoms with Crippen LogP contribution in [0.1, 0.15) is 19.3 Å². The molecule has 0 spiro atoms. The summed E-state index contributed by atoms with van der Waals surface area (Å²) in [6.45, 7) is 0. The zero-order chi connectivity index (χ0) is 10.6. The normalized spacial score (nSPS) is 51.6. The molecule has 0 aliphatic carbocycles. The predicted octanol–water partition coefficient (Wildman–Crippen LogP) is -0.385. The van der Waals surface area contributed by atoms with Crippen LogP contribution in [0.4, 0.5) is 8.78 Å². The zero-order valence-electron chi connectivity index (χ0n) is 7.36. The number of aliphatic hydroxyl groups excluding tert-OH is 2. The van der Waals surface area contributed by atoms with Crippen LogP contribution in [0.25, 0.3) is 0 Å². The summed E-state index contributed by atoms with van der Waals surface area (Å²) in [7, 11) is 0. The summed E-state index contributed by atoms with van der Waals surface area (Å²) in [6.07, 6.45) is -4.29. The molecule has 4 nitrogen and oxygen atoms in total. The minimum Gasteiger partial charge on any atom is -0.387 e. The number of hydrogen-bond acceptors (Lipinski definition) is 4. The number of alkyl halides is 2. The van der Waals surface area contributed by atoms with E-state index < -0.39 is 30.0 Å². The fraction of sp³-hybridized carbons (Fsp3) is 1.00. The maximum absolute atomic E-state index is 13.3. The van der Waals surface area contributed by atoms with E-state index in [9.17, 15) is 19.0 Å². The van der Waals surface area contributed by atoms with E-state index >= 15 is 0 Å². The number of fused-ring (bicyclic) bond motifs is 2. The quantitative estimate of drug-likeness (QED) is 0.509. The molecule has 2 bridgehead atoms. The minimum atomic E-state index is -3.82. The van der Waals surface area contributed by atoms with Crippen LogP contribution in [0.3, 0.4) is 0 Å². The number of hydrogen-bond donors (Lipinski definition) is 3. The Morgan fingerprint density at radius 3 is 2.57 bits per heavy atom. The maximum Gasteiger partial charge on any atom is 0.328 e. The smallest absolute Gasteiger partial charge is 0.328 e. The Labute approximate surface area is 79.1 Å². The molecule has 14 heavy (non-hydrogen) atoms. The lowest BCUT2D eigenvalue weighted by atomic mass is 9.82. The van der Waals surface area contributed by atoms with Crippen molar-refractivity contribution in [3.63, 3.8) is 0 Å². The first-order valence-corrected chi connectivity index (χ1v) is 4.52. The first-order valence-electron chi connectivity index (χ1n) is 4.52. The van der Waals surface area contributed by atoms with Crippen molar-refractivity contribution in [3.05, 3.63) is 0 Å². The van der Waals surface area contributed by atoms with Gasteiger partial charge in [-0.1, -0.05) is 0 Å². The second kappa shape index (κ2) is 2.85. The van der Waals surface area contributed by atoms with Crippen molar-refractivity contribution in [3.8, 4) is 0 Å². The molecule has 0 radical (unpaired) electrons. The third-order valence-corrected chi connectivity index (χ3v) is 2.95. The molecule has 2 saturated heterocycles. The summed E-state index contributed by atoms with van der Waals surface area (Å²) in [6, 6.07) is 0. The van der Waals surface area contributed by atoms with Crippen LogP contribution in [0.5, 0.6) is 0 Å². The number of rotatable bonds is 0. The predicted molar refractivity (Wildman–Crippen MR) is 40.6 cm³/mol. The monoisotopic (exact) mass is 210 g/mol. The molecule has 0 unspecified atom stereocenters. The topological polar surface area (TPSA) is 69.9 Å². The summed E-state index contributed by atoms with van der Waals surface area (Å²) < 4.78 is 31.3. The van der Waals surface area contributed by atoms with E-state index in [1.54, 1.807) is 0 Å². The fourth-order valence-corrected chi connectivity index (χ4v) is 2.05. The highest BCUT2D eigenvalue weighted by molar-refractivity contribution is 5.03. The van der Waals surface area contributed by atoms with Crippen molar-refractivity contribution in [1.82, 2.24) is 0 Å². The van der Waals surface area contributed by atoms with Gasteiger partial charge in [0, 0.05) is 6.42 Å². The average Bonchev–Trinajstić information content (AvgIpc) is 2.14. The Morgan fingerprint density at radius 2 is 1.93 bits per heavy atom. The lowest BCUT2D eigenvalue weighted by Gasteiger charge is -2.50. The van der Waals surface area contributed by atoms with Gasteiger partial charge in [0.2, 0.25) is 5.79 Å². The first kappa shape index (κ1) is 10.2. The minimum absolute atomic E-state index is 0.222. The molecule has 2 fully saturated rings. The molecule has 82 valence electrons. The molecule has 0 aromatic carbocycles. The van der Waals surface area contributed by atoms with Crippen LogP contribution in [0, 0.1) is 0 Å². The highest BCUT2D eigenvalue weighted by atomic mass is 19.3. The fourth-order valence-electron chi connectivity index (χ4n) is 2.05. The Bertz CT molecular complexity index is 245. The van der Waals surface area contributed by atoms with E-state index in [1.807, 2.05) is 0 Å². The molecule has 0 amide bonds. The van der Waals surface area contributed by atoms with Crippen molar-refractivity contribution in [2.24, 2.45) is 0 Å². The van der Waals surface area contributed by atoms with Crippen molar-refractivity contribution < 1.29 is 28.8 Å². The van der Waals surface area contributed by atoms with E-state index in [-0.39, 0.29) is 6.42 Å². The molecule has 0 saturated carbocycles. The molecule has 4 atom stereocenters. The van der Waals surface area contributed by atoms with Crippen molar-refractivity contribution in [2.75, 3.05) is 0 Å². The number of ether oxygens (including phenoxy) is 1. The molecular weight excluding hydrogens is 198 g/mol. The summed E-state index contributed by atoms with van der Waals surface area (Å²) in [5.74, 6) is -6.43. The van der Waals surface area contributed by atoms with Gasteiger partial charge in [0.25, 0.3) is 0 Å². The lowest BCUT2D eigenvalue weighted by molar-refractivity contribution is -0.415. The summed E-state index contributed by atoms with van der Waals surface area (Å²) >= 11 is 0. The van der Waals surface area contributed by atoms with Gasteiger partial charge in [-0.2, -0.15) is 8.78 Å². The number of aliphatic hydroxyl groups is 3. The van der Waals surface area contributed by atoms with Gasteiger partial charge < -0.3 is 20.1 Å². The van der Waals surface area contributed by atoms with Crippen LogP contribution in [0.2, 0.25) is 0 Å². The van der Waals surface area contributed by atoms with E-state index in [0.717, 1.165) is 0 Å². The third kappa shape index (κ3) is 1.11. The zero-order valence-corrected chi connectivity index (χ0v) is 7.36. The van der Waals surface area contributed by atoms with Gasteiger partial charge in [0.05, 0.1) is 6.10 Å². The van der Waals surface area contributed by atoms with Gasteiger partial charge in [-0.15, -0.1) is 0 Å². The number of halogens is 2. The molecule has 3 N–H and O–H groups in total. The summed E-state index contributed by atoms with van der Waals surface area (Å²) in [5.41, 5.74) is 0. The third-order valence-electron chi connectivity index (χ3n) is 2.95. The second-order valence-corrected chi connectivity index (χ2v) is 3.89. The summed E-state index contributed by atoms with van der Waals surface area (Å²) in [4.78, 5) is 0. The molecule has 6 heteroatoms. The highest BCUT2D eigenvalue weighted by Gasteiger charge is 2.67. The molecule has 0 aromatic rings. The molecule has 2 heterocycles. The Balaban J connectivity index is 2.34. The Morgan fingerprint density at radius 1 is 1.29 bits per heavy atom. The van der Waals surface area contributed by atoms with Crippen LogP contribution in [-0.4, -0.2) is 45.3 Å². The van der Waals surface area contributed by atoms with Gasteiger partial charge in [-0.25, -0.2) is 0 Å². The Kier molecular flexibility index (Phi) is 2.08. The van der Waals surface area contributed by atoms with Crippen molar-refractivity contribution in [1.29, 1.82) is 0 Å². The highest BCUT2D eigenvalue weighted by Crippen LogP contribution is 2.47. The average molecular weight is 210 g/mol. The Hall–Kier alpha value is -0.300. The SMILES string of the molecule is O[C@@H]1[C@@H](O)C(F)(F)[C@]2(O)CCC[C@H]1O2. The second-order valence-electron chi connectivity index (χ2n) is 3.89. The molecule has 2 rings (SSSR count).